The lowest BCUT2D eigenvalue weighted by Crippen LogP contribution is -2.61. The number of methoxy groups -OCH3 is 1. The topological polar surface area (TPSA) is 143 Å². The Balaban J connectivity index is 1.80. The van der Waals surface area contributed by atoms with Gasteiger partial charge in [0.15, 0.2) is 18.5 Å². The third-order valence-corrected chi connectivity index (χ3v) is 4.98. The number of aliphatic hydroxyl groups is 3. The molecular weight excluding hydrogens is 384 g/mol. The number of benzene rings is 2. The number of hydrogen-bond acceptors (Lipinski definition) is 8. The Bertz CT molecular complexity index is 912. The minimum Gasteiger partial charge on any atom is -0.497 e. The summed E-state index contributed by atoms with van der Waals surface area (Å²) in [5.74, 6) is -2.43. The van der Waals surface area contributed by atoms with E-state index in [1.165, 1.54) is 0 Å². The first-order chi connectivity index (χ1) is 13.7. The zero-order chi connectivity index (χ0) is 21.3. The predicted molar refractivity (Wildman–Crippen MR) is 99.3 cm³/mol. The van der Waals surface area contributed by atoms with Gasteiger partial charge in [-0.1, -0.05) is 24.3 Å². The Morgan fingerprint density at radius 2 is 1.69 bits per heavy atom. The van der Waals surface area contributed by atoms with Crippen LogP contribution < -0.4 is 4.74 Å². The summed E-state index contributed by atoms with van der Waals surface area (Å²) in [6.45, 7) is 1.57. The number of fused-ring (bicyclic) bond motifs is 1. The van der Waals surface area contributed by atoms with E-state index in [0.29, 0.717) is 11.3 Å². The lowest BCUT2D eigenvalue weighted by Gasteiger charge is -2.38. The van der Waals surface area contributed by atoms with Crippen molar-refractivity contribution in [1.82, 2.24) is 0 Å². The largest absolute Gasteiger partial charge is 0.497 e. The molecule has 29 heavy (non-hydrogen) atoms. The van der Waals surface area contributed by atoms with Crippen LogP contribution >= 0.6 is 0 Å². The summed E-state index contributed by atoms with van der Waals surface area (Å²) in [6.07, 6.45) is -9.03. The average Bonchev–Trinajstić information content (AvgIpc) is 2.72. The van der Waals surface area contributed by atoms with E-state index in [-0.39, 0.29) is 0 Å². The first-order valence-electron chi connectivity index (χ1n) is 8.93. The van der Waals surface area contributed by atoms with Gasteiger partial charge in [-0.05, 0) is 35.4 Å². The van der Waals surface area contributed by atoms with Crippen molar-refractivity contribution in [1.29, 1.82) is 0 Å². The molecule has 9 nitrogen and oxygen atoms in total. The Hall–Kier alpha value is -2.72. The first kappa shape index (κ1) is 21.0. The predicted octanol–water partition coefficient (Wildman–Crippen LogP) is 0.387. The van der Waals surface area contributed by atoms with Crippen molar-refractivity contribution in [2.75, 3.05) is 7.11 Å². The van der Waals surface area contributed by atoms with Gasteiger partial charge in [0, 0.05) is 0 Å². The van der Waals surface area contributed by atoms with Crippen LogP contribution in [-0.4, -0.2) is 70.2 Å². The van der Waals surface area contributed by atoms with Gasteiger partial charge in [0.2, 0.25) is 0 Å². The van der Waals surface area contributed by atoms with Gasteiger partial charge in [-0.15, -0.1) is 0 Å². The molecule has 0 aliphatic carbocycles. The van der Waals surface area contributed by atoms with Crippen LogP contribution in [0, 0.1) is 0 Å². The highest BCUT2D eigenvalue weighted by Crippen LogP contribution is 2.28. The second-order valence-corrected chi connectivity index (χ2v) is 6.86. The lowest BCUT2D eigenvalue weighted by molar-refractivity contribution is -0.283. The molecule has 0 radical (unpaired) electrons. The second kappa shape index (κ2) is 8.34. The molecule has 6 unspecified atom stereocenters. The van der Waals surface area contributed by atoms with Gasteiger partial charge < -0.3 is 34.6 Å². The summed E-state index contributed by atoms with van der Waals surface area (Å²) in [7, 11) is 1.57. The van der Waals surface area contributed by atoms with Crippen LogP contribution in [0.25, 0.3) is 10.8 Å². The number of esters is 1. The minimum atomic E-state index is -1.91. The lowest BCUT2D eigenvalue weighted by atomic mass is 9.96. The van der Waals surface area contributed by atoms with Crippen molar-refractivity contribution < 1.29 is 44.2 Å². The van der Waals surface area contributed by atoms with Crippen molar-refractivity contribution in [2.45, 2.75) is 43.5 Å². The molecule has 6 atom stereocenters. The highest BCUT2D eigenvalue weighted by molar-refractivity contribution is 5.87. The van der Waals surface area contributed by atoms with Crippen LogP contribution in [0.4, 0.5) is 0 Å². The van der Waals surface area contributed by atoms with E-state index in [4.69, 9.17) is 14.2 Å². The van der Waals surface area contributed by atoms with Gasteiger partial charge in [-0.25, -0.2) is 4.79 Å². The van der Waals surface area contributed by atoms with Gasteiger partial charge in [0.1, 0.15) is 18.0 Å². The van der Waals surface area contributed by atoms with E-state index in [1.807, 2.05) is 18.2 Å². The van der Waals surface area contributed by atoms with Crippen LogP contribution in [0.2, 0.25) is 0 Å². The second-order valence-electron chi connectivity index (χ2n) is 6.86. The number of rotatable bonds is 5. The standard InChI is InChI=1S/C20H22O9/c1-9(10-3-4-12-8-13(27-2)6-5-11(12)7-10)19(25)28-16-14(21)15(22)20(26)29-17(16)18(23)24/h3-9,14-17,20-22,26H,1-2H3,(H,23,24). The third kappa shape index (κ3) is 4.18. The van der Waals surface area contributed by atoms with Gasteiger partial charge in [0.25, 0.3) is 0 Å². The highest BCUT2D eigenvalue weighted by Gasteiger charge is 2.49. The van der Waals surface area contributed by atoms with Crippen LogP contribution in [0.15, 0.2) is 36.4 Å². The van der Waals surface area contributed by atoms with Crippen molar-refractivity contribution >= 4 is 22.7 Å². The quantitative estimate of drug-likeness (QED) is 0.518. The van der Waals surface area contributed by atoms with E-state index in [9.17, 15) is 30.0 Å². The molecule has 0 amide bonds. The first-order valence-corrected chi connectivity index (χ1v) is 8.93. The number of carbonyl (C=O) groups is 2. The van der Waals surface area contributed by atoms with E-state index in [2.05, 4.69) is 0 Å². The van der Waals surface area contributed by atoms with Crippen molar-refractivity contribution in [3.05, 3.63) is 42.0 Å². The third-order valence-electron chi connectivity index (χ3n) is 4.98. The molecule has 9 heteroatoms. The molecule has 1 aliphatic heterocycles. The van der Waals surface area contributed by atoms with Gasteiger partial charge in [-0.3, -0.25) is 4.79 Å². The summed E-state index contributed by atoms with van der Waals surface area (Å²) < 4.78 is 15.1. The zero-order valence-electron chi connectivity index (χ0n) is 15.8. The molecule has 3 rings (SSSR count). The van der Waals surface area contributed by atoms with Crippen molar-refractivity contribution in [3.8, 4) is 5.75 Å². The molecular formula is C20H22O9. The van der Waals surface area contributed by atoms with Gasteiger partial charge in [-0.2, -0.15) is 0 Å². The number of aliphatic hydroxyl groups excluding tert-OH is 3. The van der Waals surface area contributed by atoms with Gasteiger partial charge in [0.05, 0.1) is 13.0 Å². The summed E-state index contributed by atoms with van der Waals surface area (Å²) in [6, 6.07) is 10.8. The fourth-order valence-electron chi connectivity index (χ4n) is 3.19. The maximum absolute atomic E-state index is 12.6. The number of ether oxygens (including phenoxy) is 3. The molecule has 156 valence electrons. The Morgan fingerprint density at radius 3 is 2.34 bits per heavy atom. The molecule has 1 aliphatic rings. The van der Waals surface area contributed by atoms with Crippen LogP contribution in [-0.2, 0) is 19.1 Å². The molecule has 1 saturated heterocycles. The monoisotopic (exact) mass is 406 g/mol. The van der Waals surface area contributed by atoms with Crippen LogP contribution in [0.5, 0.6) is 5.75 Å². The molecule has 1 heterocycles. The highest BCUT2D eigenvalue weighted by atomic mass is 16.7. The molecule has 0 spiro atoms. The molecule has 2 aromatic carbocycles. The summed E-state index contributed by atoms with van der Waals surface area (Å²) >= 11 is 0. The number of carboxylic acid groups (broad SMARTS) is 1. The number of aliphatic carboxylic acids is 1. The SMILES string of the molecule is COc1ccc2cc(C(C)C(=O)OC3C(C(=O)O)OC(O)C(O)C3O)ccc2c1. The van der Waals surface area contributed by atoms with Crippen LogP contribution in [0.1, 0.15) is 18.4 Å². The Labute approximate surface area is 166 Å². The molecule has 4 N–H and O–H groups in total. The zero-order valence-corrected chi connectivity index (χ0v) is 15.8. The normalized spacial score (nSPS) is 28.0. The van der Waals surface area contributed by atoms with Crippen molar-refractivity contribution in [2.24, 2.45) is 0 Å². The summed E-state index contributed by atoms with van der Waals surface area (Å²) in [5.41, 5.74) is 0.617. The summed E-state index contributed by atoms with van der Waals surface area (Å²) in [5, 5.41) is 40.3. The fraction of sp³-hybridized carbons (Fsp3) is 0.400. The maximum atomic E-state index is 12.6. The molecule has 1 fully saturated rings. The Kier molecular flexibility index (Phi) is 6.04. The Morgan fingerprint density at radius 1 is 1.03 bits per heavy atom. The molecule has 2 aromatic rings. The van der Waals surface area contributed by atoms with E-state index in [1.54, 1.807) is 32.2 Å². The van der Waals surface area contributed by atoms with Crippen molar-refractivity contribution in [3.63, 3.8) is 0 Å². The van der Waals surface area contributed by atoms with E-state index in [0.717, 1.165) is 10.8 Å². The number of carboxylic acids is 1. The van der Waals surface area contributed by atoms with E-state index >= 15 is 0 Å². The smallest absolute Gasteiger partial charge is 0.336 e. The van der Waals surface area contributed by atoms with Gasteiger partial charge >= 0.3 is 11.9 Å². The van der Waals surface area contributed by atoms with Crippen LogP contribution in [0.3, 0.4) is 0 Å². The number of carbonyl (C=O) groups excluding carboxylic acids is 1. The molecule has 0 bridgehead atoms. The summed E-state index contributed by atoms with van der Waals surface area (Å²) in [4.78, 5) is 24.0. The number of hydrogen-bond donors (Lipinski definition) is 4. The molecule has 0 aromatic heterocycles. The molecule has 0 saturated carbocycles. The average molecular weight is 406 g/mol. The minimum absolute atomic E-state index is 0.617. The fourth-order valence-corrected chi connectivity index (χ4v) is 3.19. The van der Waals surface area contributed by atoms with E-state index < -0.39 is 48.6 Å². The maximum Gasteiger partial charge on any atom is 0.336 e.